The SMILES string of the molecule is CCOC(=O)C1=C(C)NC(C)=C(C(=O)OCC)C1c1cccc(-c2nc(-c3c(C)cc(C)cc3C)cs2)c1. The Balaban J connectivity index is 1.81. The minimum absolute atomic E-state index is 0.236. The van der Waals surface area contributed by atoms with Crippen molar-refractivity contribution in [1.29, 1.82) is 0 Å². The van der Waals surface area contributed by atoms with E-state index in [2.05, 4.69) is 43.6 Å². The van der Waals surface area contributed by atoms with Gasteiger partial charge in [-0.25, -0.2) is 14.6 Å². The van der Waals surface area contributed by atoms with Crippen LogP contribution in [-0.2, 0) is 19.1 Å². The summed E-state index contributed by atoms with van der Waals surface area (Å²) >= 11 is 1.58. The molecule has 0 unspecified atom stereocenters. The van der Waals surface area contributed by atoms with Gasteiger partial charge in [-0.05, 0) is 71.2 Å². The number of nitrogens with one attached hydrogen (secondary N) is 1. The van der Waals surface area contributed by atoms with Crippen molar-refractivity contribution in [3.05, 3.63) is 86.6 Å². The first kappa shape index (κ1) is 27.3. The maximum Gasteiger partial charge on any atom is 0.336 e. The molecule has 2 heterocycles. The van der Waals surface area contributed by atoms with Crippen LogP contribution < -0.4 is 5.32 Å². The van der Waals surface area contributed by atoms with Gasteiger partial charge in [-0.15, -0.1) is 11.3 Å². The molecule has 38 heavy (non-hydrogen) atoms. The summed E-state index contributed by atoms with van der Waals surface area (Å²) in [5.41, 5.74) is 9.57. The van der Waals surface area contributed by atoms with E-state index in [4.69, 9.17) is 14.5 Å². The number of allylic oxidation sites excluding steroid dienone is 2. The van der Waals surface area contributed by atoms with E-state index in [1.165, 1.54) is 16.7 Å². The van der Waals surface area contributed by atoms with Gasteiger partial charge >= 0.3 is 11.9 Å². The Labute approximate surface area is 228 Å². The van der Waals surface area contributed by atoms with Gasteiger partial charge in [0.2, 0.25) is 0 Å². The molecule has 0 saturated heterocycles. The van der Waals surface area contributed by atoms with Crippen LogP contribution >= 0.6 is 11.3 Å². The summed E-state index contributed by atoms with van der Waals surface area (Å²) in [6, 6.07) is 12.2. The zero-order valence-corrected chi connectivity index (χ0v) is 23.8. The fourth-order valence-electron chi connectivity index (χ4n) is 5.24. The van der Waals surface area contributed by atoms with Gasteiger partial charge in [0.25, 0.3) is 0 Å². The number of benzene rings is 2. The van der Waals surface area contributed by atoms with Gasteiger partial charge in [0, 0.05) is 27.9 Å². The fraction of sp³-hybridized carbons (Fsp3) is 0.323. The molecule has 0 radical (unpaired) electrons. The van der Waals surface area contributed by atoms with Crippen molar-refractivity contribution in [2.75, 3.05) is 13.2 Å². The van der Waals surface area contributed by atoms with Crippen LogP contribution in [0.5, 0.6) is 0 Å². The van der Waals surface area contributed by atoms with E-state index < -0.39 is 17.9 Å². The van der Waals surface area contributed by atoms with Crippen LogP contribution in [0.25, 0.3) is 21.8 Å². The van der Waals surface area contributed by atoms with Crippen LogP contribution in [0.3, 0.4) is 0 Å². The molecule has 0 bridgehead atoms. The Morgan fingerprint density at radius 2 is 1.47 bits per heavy atom. The number of hydrogen-bond acceptors (Lipinski definition) is 7. The number of dihydropyridines is 1. The molecule has 1 aromatic heterocycles. The van der Waals surface area contributed by atoms with Crippen molar-refractivity contribution >= 4 is 23.3 Å². The second kappa shape index (κ2) is 11.4. The van der Waals surface area contributed by atoms with Crippen LogP contribution in [0, 0.1) is 20.8 Å². The zero-order valence-electron chi connectivity index (χ0n) is 23.0. The predicted molar refractivity (Wildman–Crippen MR) is 152 cm³/mol. The van der Waals surface area contributed by atoms with E-state index in [0.29, 0.717) is 22.5 Å². The van der Waals surface area contributed by atoms with Gasteiger partial charge < -0.3 is 14.8 Å². The fourth-order valence-corrected chi connectivity index (χ4v) is 6.05. The van der Waals surface area contributed by atoms with Crippen molar-refractivity contribution in [3.8, 4) is 21.8 Å². The average Bonchev–Trinajstić information content (AvgIpc) is 3.33. The van der Waals surface area contributed by atoms with Gasteiger partial charge in [0.05, 0.1) is 36.0 Å². The lowest BCUT2D eigenvalue weighted by Crippen LogP contribution is -2.32. The summed E-state index contributed by atoms with van der Waals surface area (Å²) in [6.45, 7) is 14.0. The molecule has 0 amide bonds. The summed E-state index contributed by atoms with van der Waals surface area (Å²) in [6.07, 6.45) is 0. The van der Waals surface area contributed by atoms with E-state index in [9.17, 15) is 9.59 Å². The number of esters is 2. The molecule has 1 aliphatic heterocycles. The third-order valence-electron chi connectivity index (χ3n) is 6.66. The Morgan fingerprint density at radius 1 is 0.895 bits per heavy atom. The third kappa shape index (κ3) is 5.29. The minimum Gasteiger partial charge on any atom is -0.463 e. The molecule has 4 rings (SSSR count). The number of aryl methyl sites for hydroxylation is 3. The van der Waals surface area contributed by atoms with Crippen molar-refractivity contribution < 1.29 is 19.1 Å². The first-order valence-corrected chi connectivity index (χ1v) is 13.7. The molecule has 0 atom stereocenters. The van der Waals surface area contributed by atoms with E-state index in [1.807, 2.05) is 38.1 Å². The van der Waals surface area contributed by atoms with Gasteiger partial charge in [0.1, 0.15) is 5.01 Å². The summed E-state index contributed by atoms with van der Waals surface area (Å²) in [5.74, 6) is -1.54. The highest BCUT2D eigenvalue weighted by Gasteiger charge is 2.38. The van der Waals surface area contributed by atoms with Gasteiger partial charge in [-0.3, -0.25) is 0 Å². The van der Waals surface area contributed by atoms with Gasteiger partial charge in [-0.2, -0.15) is 0 Å². The third-order valence-corrected chi connectivity index (χ3v) is 7.55. The maximum atomic E-state index is 13.1. The van der Waals surface area contributed by atoms with Gasteiger partial charge in [-0.1, -0.05) is 35.9 Å². The number of nitrogens with zero attached hydrogens (tertiary/aromatic N) is 1. The summed E-state index contributed by atoms with van der Waals surface area (Å²) < 4.78 is 10.8. The van der Waals surface area contributed by atoms with Crippen LogP contribution in [0.4, 0.5) is 0 Å². The van der Waals surface area contributed by atoms with Crippen molar-refractivity contribution in [2.45, 2.75) is 54.4 Å². The first-order valence-electron chi connectivity index (χ1n) is 12.8. The second-order valence-electron chi connectivity index (χ2n) is 9.51. The van der Waals surface area contributed by atoms with E-state index in [0.717, 1.165) is 27.4 Å². The average molecular weight is 531 g/mol. The van der Waals surface area contributed by atoms with Crippen LogP contribution in [0.1, 0.15) is 55.9 Å². The highest BCUT2D eigenvalue weighted by molar-refractivity contribution is 7.13. The van der Waals surface area contributed by atoms with Crippen LogP contribution in [-0.4, -0.2) is 30.1 Å². The molecule has 0 saturated carbocycles. The molecular formula is C31H34N2O4S. The van der Waals surface area contributed by atoms with Gasteiger partial charge in [0.15, 0.2) is 0 Å². The lowest BCUT2D eigenvalue weighted by molar-refractivity contribution is -0.139. The number of rotatable bonds is 7. The van der Waals surface area contributed by atoms with Crippen LogP contribution in [0.2, 0.25) is 0 Å². The smallest absolute Gasteiger partial charge is 0.336 e. The Bertz CT molecular complexity index is 1400. The molecule has 7 heteroatoms. The lowest BCUT2D eigenvalue weighted by Gasteiger charge is -2.30. The molecule has 0 spiro atoms. The Hall–Kier alpha value is -3.71. The predicted octanol–water partition coefficient (Wildman–Crippen LogP) is 6.76. The number of ether oxygens (including phenoxy) is 2. The number of aromatic nitrogens is 1. The molecule has 6 nitrogen and oxygen atoms in total. The quantitative estimate of drug-likeness (QED) is 0.340. The van der Waals surface area contributed by atoms with Crippen molar-refractivity contribution in [1.82, 2.24) is 10.3 Å². The highest BCUT2D eigenvalue weighted by Crippen LogP contribution is 2.41. The Kier molecular flexibility index (Phi) is 8.17. The molecular weight excluding hydrogens is 496 g/mol. The number of carbonyl (C=O) groups is 2. The normalized spacial score (nSPS) is 14.0. The first-order chi connectivity index (χ1) is 18.2. The summed E-state index contributed by atoms with van der Waals surface area (Å²) in [4.78, 5) is 31.2. The lowest BCUT2D eigenvalue weighted by atomic mass is 9.80. The van der Waals surface area contributed by atoms with Crippen LogP contribution in [0.15, 0.2) is 64.3 Å². The number of carbonyl (C=O) groups excluding carboxylic acids is 2. The topological polar surface area (TPSA) is 77.5 Å². The summed E-state index contributed by atoms with van der Waals surface area (Å²) in [5, 5.41) is 6.14. The van der Waals surface area contributed by atoms with E-state index >= 15 is 0 Å². The number of hydrogen-bond donors (Lipinski definition) is 1. The molecule has 2 aromatic carbocycles. The molecule has 3 aromatic rings. The maximum absolute atomic E-state index is 13.1. The van der Waals surface area contributed by atoms with E-state index in [-0.39, 0.29) is 13.2 Å². The monoisotopic (exact) mass is 530 g/mol. The molecule has 1 N–H and O–H groups in total. The standard InChI is InChI=1S/C31H34N2O4S/c1-8-36-30(34)26-20(6)32-21(7)27(31(35)37-9-2)28(26)22-11-10-12-23(15-22)29-33-24(16-38-29)25-18(4)13-17(3)14-19(25)5/h10-16,28,32H,8-9H2,1-7H3. The molecule has 0 fully saturated rings. The molecule has 0 aliphatic carbocycles. The van der Waals surface area contributed by atoms with Crippen molar-refractivity contribution in [2.24, 2.45) is 0 Å². The zero-order chi connectivity index (χ0) is 27.6. The highest BCUT2D eigenvalue weighted by atomic mass is 32.1. The minimum atomic E-state index is -0.629. The van der Waals surface area contributed by atoms with E-state index in [1.54, 1.807) is 25.2 Å². The molecule has 198 valence electrons. The molecule has 1 aliphatic rings. The Morgan fingerprint density at radius 3 is 2.03 bits per heavy atom. The summed E-state index contributed by atoms with van der Waals surface area (Å²) in [7, 11) is 0. The van der Waals surface area contributed by atoms with Crippen molar-refractivity contribution in [3.63, 3.8) is 0 Å². The number of thiazole rings is 1. The second-order valence-corrected chi connectivity index (χ2v) is 10.4. The largest absolute Gasteiger partial charge is 0.463 e.